The van der Waals surface area contributed by atoms with Gasteiger partial charge >= 0.3 is 41.9 Å². The van der Waals surface area contributed by atoms with Crippen LogP contribution in [-0.4, -0.2) is 10.4 Å². The fourth-order valence-corrected chi connectivity index (χ4v) is 7.02. The monoisotopic (exact) mass is 771 g/mol. The summed E-state index contributed by atoms with van der Waals surface area (Å²) in [6.07, 6.45) is 5.44. The van der Waals surface area contributed by atoms with Gasteiger partial charge in [0.25, 0.3) is 0 Å². The van der Waals surface area contributed by atoms with Crippen molar-refractivity contribution < 1.29 is 23.3 Å². The molecule has 1 aromatic heterocycles. The van der Waals surface area contributed by atoms with Crippen molar-refractivity contribution in [2.24, 2.45) is 0 Å². The van der Waals surface area contributed by atoms with Crippen LogP contribution in [0.3, 0.4) is 0 Å². The number of nitrogens with one attached hydrogen (secondary N) is 1. The Morgan fingerprint density at radius 1 is 0.551 bits per heavy atom. The summed E-state index contributed by atoms with van der Waals surface area (Å²) in [7, 11) is 0. The van der Waals surface area contributed by atoms with Crippen LogP contribution in [0.4, 0.5) is 0 Å². The number of para-hydroxylation sites is 2. The Kier molecular flexibility index (Phi) is 11.2. The Hall–Kier alpha value is -3.20. The Labute approximate surface area is 317 Å². The Morgan fingerprint density at radius 2 is 1.04 bits per heavy atom. The molecule has 5 heteroatoms. The molecule has 2 aliphatic rings. The third-order valence-corrected chi connectivity index (χ3v) is 9.56. The van der Waals surface area contributed by atoms with Gasteiger partial charge in [0.05, 0.1) is 5.52 Å². The number of benzene rings is 5. The van der Waals surface area contributed by atoms with Crippen LogP contribution in [0, 0.1) is 0 Å². The summed E-state index contributed by atoms with van der Waals surface area (Å²) in [5, 5.41) is 8.15. The van der Waals surface area contributed by atoms with Gasteiger partial charge in [-0.15, -0.1) is 93.9 Å². The molecule has 244 valence electrons. The Balaban J connectivity index is 0.000000154. The predicted molar refractivity (Wildman–Crippen MR) is 215 cm³/mol. The van der Waals surface area contributed by atoms with Gasteiger partial charge in [-0.05, 0) is 54.7 Å². The number of halogens is 2. The van der Waals surface area contributed by atoms with Gasteiger partial charge in [-0.3, -0.25) is 0 Å². The maximum absolute atomic E-state index is 3.65. The third-order valence-electron chi connectivity index (χ3n) is 9.56. The van der Waals surface area contributed by atoms with Crippen molar-refractivity contribution in [1.82, 2.24) is 4.98 Å². The van der Waals surface area contributed by atoms with Crippen molar-refractivity contribution in [3.05, 3.63) is 145 Å². The second kappa shape index (κ2) is 15.4. The van der Waals surface area contributed by atoms with Crippen LogP contribution in [0.1, 0.15) is 48.6 Å². The first kappa shape index (κ1) is 35.6. The molecule has 1 heterocycles. The molecule has 1 N–H and O–H groups in total. The van der Waals surface area contributed by atoms with Crippen molar-refractivity contribution in [3.8, 4) is 22.3 Å². The predicted octanol–water partition coefficient (Wildman–Crippen LogP) is 13.5. The standard InChI is InChI=1S/C24H18N.C18H15.C2H6Si.2ClH.Zr/c1-2-10-23-19(6-1)21-9-4-8-20(24(21)25-23)18-7-3-5-16-13-17(14-22(16)18)15-11-12-15;1-2-5-14(6-3-1)17-8-4-7-15-11-16(12-18(15)17)13-9-10-13;1-3-2;;;/h1-10,13-15,25H,11-12H2;1-8,11-13H,9-10H2;1-2H3;2*1H;/q2*-1;;;;+2. The molecule has 1 nitrogen and oxygen atoms in total. The van der Waals surface area contributed by atoms with Crippen LogP contribution < -0.4 is 0 Å². The van der Waals surface area contributed by atoms with E-state index in [0.29, 0.717) is 0 Å². The molecular formula is C44H41Cl2NSiZr. The molecule has 0 amide bonds. The average Bonchev–Trinajstić information content (AvgIpc) is 4.00. The van der Waals surface area contributed by atoms with Crippen molar-refractivity contribution in [3.63, 3.8) is 0 Å². The topological polar surface area (TPSA) is 15.8 Å². The van der Waals surface area contributed by atoms with E-state index in [1.54, 1.807) is 23.3 Å². The van der Waals surface area contributed by atoms with Crippen LogP contribution in [0.2, 0.25) is 13.1 Å². The molecule has 49 heavy (non-hydrogen) atoms. The first-order valence-corrected chi connectivity index (χ1v) is 23.2. The molecule has 0 spiro atoms. The molecule has 2 aliphatic carbocycles. The summed E-state index contributed by atoms with van der Waals surface area (Å²) in [6.45, 7) is 4.62. The van der Waals surface area contributed by atoms with Gasteiger partial charge < -0.3 is 4.98 Å². The summed E-state index contributed by atoms with van der Waals surface area (Å²) in [5.74, 6) is 1.63. The van der Waals surface area contributed by atoms with Gasteiger partial charge in [0.1, 0.15) is 0 Å². The molecule has 7 aromatic carbocycles. The first-order chi connectivity index (χ1) is 23.0. The number of rotatable bonds is 4. The summed E-state index contributed by atoms with van der Waals surface area (Å²) in [6, 6.07) is 48.8. The summed E-state index contributed by atoms with van der Waals surface area (Å²) >= 11 is 1.74. The van der Waals surface area contributed by atoms with Crippen molar-refractivity contribution in [2.45, 2.75) is 50.6 Å². The molecule has 10 rings (SSSR count). The number of hydrogen-bond donors (Lipinski definition) is 1. The maximum Gasteiger partial charge on any atom is 0.0536 e. The van der Waals surface area contributed by atoms with Gasteiger partial charge in [0.15, 0.2) is 0 Å². The van der Waals surface area contributed by atoms with E-state index in [2.05, 4.69) is 152 Å². The van der Waals surface area contributed by atoms with Crippen molar-refractivity contribution in [1.29, 1.82) is 0 Å². The molecule has 2 saturated carbocycles. The van der Waals surface area contributed by atoms with Crippen LogP contribution in [-0.2, 0) is 23.3 Å². The normalized spacial score (nSPS) is 13.6. The fraction of sp³-hybridized carbons (Fsp3) is 0.182. The van der Waals surface area contributed by atoms with E-state index in [0.717, 1.165) is 11.8 Å². The molecular weight excluding hydrogens is 733 g/mol. The van der Waals surface area contributed by atoms with Gasteiger partial charge in [0, 0.05) is 16.3 Å². The quantitative estimate of drug-likeness (QED) is 0.135. The fourth-order valence-electron chi connectivity index (χ4n) is 7.02. The Bertz CT molecular complexity index is 2370. The molecule has 0 saturated heterocycles. The van der Waals surface area contributed by atoms with E-state index >= 15 is 0 Å². The number of aromatic amines is 1. The molecule has 0 aliphatic heterocycles. The second-order valence-corrected chi connectivity index (χ2v) is 22.9. The minimum absolute atomic E-state index is 0. The van der Waals surface area contributed by atoms with E-state index < -0.39 is 0 Å². The largest absolute Gasteiger partial charge is 0.354 e. The van der Waals surface area contributed by atoms with E-state index in [4.69, 9.17) is 0 Å². The number of fused-ring (bicyclic) bond motifs is 5. The third kappa shape index (κ3) is 7.62. The van der Waals surface area contributed by atoms with Crippen LogP contribution in [0.5, 0.6) is 0 Å². The number of aromatic nitrogens is 1. The molecule has 2 fully saturated rings. The zero-order valence-electron chi connectivity index (χ0n) is 28.0. The number of hydrogen-bond acceptors (Lipinski definition) is 0. The Morgan fingerprint density at radius 3 is 1.65 bits per heavy atom. The minimum Gasteiger partial charge on any atom is -0.354 e. The molecule has 0 atom stereocenters. The van der Waals surface area contributed by atoms with Crippen LogP contribution in [0.25, 0.3) is 65.6 Å². The maximum atomic E-state index is 3.65. The first-order valence-electron chi connectivity index (χ1n) is 17.0. The molecule has 0 unspecified atom stereocenters. The second-order valence-electron chi connectivity index (χ2n) is 13.5. The van der Waals surface area contributed by atoms with E-state index in [9.17, 15) is 0 Å². The smallest absolute Gasteiger partial charge is 0.0536 e. The van der Waals surface area contributed by atoms with Crippen LogP contribution >= 0.6 is 24.8 Å². The average molecular weight is 774 g/mol. The van der Waals surface area contributed by atoms with E-state index in [1.165, 1.54) is 102 Å². The zero-order chi connectivity index (χ0) is 31.9. The molecule has 0 bridgehead atoms. The number of H-pyrrole nitrogens is 1. The van der Waals surface area contributed by atoms with Crippen LogP contribution in [0.15, 0.2) is 133 Å². The minimum atomic E-state index is 0. The summed E-state index contributed by atoms with van der Waals surface area (Å²) in [4.78, 5) is 3.65. The van der Waals surface area contributed by atoms with Crippen molar-refractivity contribution in [2.75, 3.05) is 0 Å². The zero-order valence-corrected chi connectivity index (χ0v) is 33.1. The van der Waals surface area contributed by atoms with Gasteiger partial charge in [-0.2, -0.15) is 12.1 Å². The van der Waals surface area contributed by atoms with Gasteiger partial charge in [0.2, 0.25) is 0 Å². The van der Waals surface area contributed by atoms with E-state index in [-0.39, 0.29) is 30.2 Å². The molecule has 0 radical (unpaired) electrons. The van der Waals surface area contributed by atoms with Gasteiger partial charge in [-0.1, -0.05) is 90.0 Å². The summed E-state index contributed by atoms with van der Waals surface area (Å²) in [5.41, 5.74) is 11.0. The summed E-state index contributed by atoms with van der Waals surface area (Å²) < 4.78 is 0. The van der Waals surface area contributed by atoms with E-state index in [1.807, 2.05) is 0 Å². The molecule has 8 aromatic rings. The SMILES string of the molecule is C[Si](C)=[Zr+2].Cl.Cl.c1cc(-c2cccc3c2[nH]c2ccccc23)c2cc(C3CC3)[cH-]c2c1.c1ccc(-c2cccc3[cH-]c(C4CC4)cc23)cc1. The van der Waals surface area contributed by atoms with Gasteiger partial charge in [-0.25, -0.2) is 0 Å². The van der Waals surface area contributed by atoms with Crippen molar-refractivity contribution >= 4 is 73.6 Å².